The minimum Gasteiger partial charge on any atom is -0.478 e. The highest BCUT2D eigenvalue weighted by atomic mass is 35.5. The molecule has 0 aliphatic heterocycles. The molecule has 158 valence electrons. The highest BCUT2D eigenvalue weighted by Gasteiger charge is 2.30. The predicted octanol–water partition coefficient (Wildman–Crippen LogP) is 3.13. The number of aryl methyl sites for hydroxylation is 2. The van der Waals surface area contributed by atoms with Gasteiger partial charge in [0.05, 0.1) is 17.3 Å². The van der Waals surface area contributed by atoms with Gasteiger partial charge < -0.3 is 9.84 Å². The molecule has 2 aromatic carbocycles. The van der Waals surface area contributed by atoms with Crippen LogP contribution in [0, 0.1) is 19.7 Å². The second kappa shape index (κ2) is 7.91. The molecule has 3 aromatic rings. The molecule has 0 radical (unpaired) electrons. The van der Waals surface area contributed by atoms with Crippen LogP contribution in [0.15, 0.2) is 35.1 Å². The van der Waals surface area contributed by atoms with Crippen molar-refractivity contribution in [2.75, 3.05) is 0 Å². The zero-order chi connectivity index (χ0) is 22.2. The lowest BCUT2D eigenvalue weighted by atomic mass is 10.0. The number of aromatic nitrogens is 4. The van der Waals surface area contributed by atoms with Gasteiger partial charge in [-0.1, -0.05) is 23.7 Å². The first-order valence-electron chi connectivity index (χ1n) is 9.00. The van der Waals surface area contributed by atoms with Crippen LogP contribution in [-0.4, -0.2) is 36.5 Å². The van der Waals surface area contributed by atoms with E-state index in [1.807, 2.05) is 0 Å². The van der Waals surface area contributed by atoms with Gasteiger partial charge in [-0.25, -0.2) is 14.0 Å². The topological polar surface area (TPSA) is 99.2 Å². The fourth-order valence-corrected chi connectivity index (χ4v) is 3.09. The van der Waals surface area contributed by atoms with Crippen LogP contribution < -0.4 is 10.4 Å². The van der Waals surface area contributed by atoms with Crippen LogP contribution in [0.4, 0.5) is 4.39 Å². The van der Waals surface area contributed by atoms with Gasteiger partial charge in [-0.15, -0.1) is 0 Å². The molecule has 0 saturated heterocycles. The van der Waals surface area contributed by atoms with Crippen molar-refractivity contribution in [3.63, 3.8) is 0 Å². The summed E-state index contributed by atoms with van der Waals surface area (Å²) < 4.78 is 21.2. The minimum absolute atomic E-state index is 0.125. The second-order valence-corrected chi connectivity index (χ2v) is 7.81. The maximum atomic E-state index is 13.4. The van der Waals surface area contributed by atoms with E-state index in [4.69, 9.17) is 16.3 Å². The SMILES string of the molecule is Cc1cc(Cn2nnn(-c3ccc(F)c(Cl)c3)c2=O)cc(C)c1OC(C)(C)C(=O)O. The number of benzene rings is 2. The van der Waals surface area contributed by atoms with E-state index in [2.05, 4.69) is 10.4 Å². The van der Waals surface area contributed by atoms with E-state index in [-0.39, 0.29) is 11.6 Å². The van der Waals surface area contributed by atoms with Crippen molar-refractivity contribution >= 4 is 17.6 Å². The molecular weight excluding hydrogens is 415 g/mol. The molecular formula is C20H20ClFN4O4. The molecule has 1 aromatic heterocycles. The van der Waals surface area contributed by atoms with Gasteiger partial charge in [-0.2, -0.15) is 9.36 Å². The molecule has 8 nitrogen and oxygen atoms in total. The van der Waals surface area contributed by atoms with Crippen molar-refractivity contribution < 1.29 is 19.0 Å². The number of hydrogen-bond acceptors (Lipinski definition) is 5. The Hall–Kier alpha value is -3.20. The number of hydrogen-bond donors (Lipinski definition) is 1. The van der Waals surface area contributed by atoms with E-state index in [0.717, 1.165) is 32.1 Å². The maximum Gasteiger partial charge on any atom is 0.368 e. The third-order valence-electron chi connectivity index (χ3n) is 4.51. The van der Waals surface area contributed by atoms with Crippen molar-refractivity contribution in [3.8, 4) is 11.4 Å². The van der Waals surface area contributed by atoms with Crippen molar-refractivity contribution in [3.05, 3.63) is 68.3 Å². The van der Waals surface area contributed by atoms with Gasteiger partial charge in [-0.3, -0.25) is 0 Å². The number of nitrogens with zero attached hydrogens (tertiary/aromatic N) is 4. The van der Waals surface area contributed by atoms with Gasteiger partial charge in [0.1, 0.15) is 11.6 Å². The molecule has 1 N–H and O–H groups in total. The fourth-order valence-electron chi connectivity index (χ4n) is 2.92. The van der Waals surface area contributed by atoms with Crippen molar-refractivity contribution in [2.24, 2.45) is 0 Å². The third-order valence-corrected chi connectivity index (χ3v) is 4.80. The first-order valence-corrected chi connectivity index (χ1v) is 9.38. The van der Waals surface area contributed by atoms with Gasteiger partial charge in [0.25, 0.3) is 0 Å². The van der Waals surface area contributed by atoms with Crippen LogP contribution in [0.2, 0.25) is 5.02 Å². The molecule has 10 heteroatoms. The number of halogens is 2. The van der Waals surface area contributed by atoms with Crippen LogP contribution in [0.3, 0.4) is 0 Å². The highest BCUT2D eigenvalue weighted by Crippen LogP contribution is 2.29. The summed E-state index contributed by atoms with van der Waals surface area (Å²) in [6.07, 6.45) is 0. The Bertz CT molecular complexity index is 1160. The number of carbonyl (C=O) groups is 1. The molecule has 1 heterocycles. The molecule has 0 aliphatic carbocycles. The summed E-state index contributed by atoms with van der Waals surface area (Å²) in [7, 11) is 0. The quantitative estimate of drug-likeness (QED) is 0.640. The summed E-state index contributed by atoms with van der Waals surface area (Å²) >= 11 is 5.77. The first-order chi connectivity index (χ1) is 14.0. The van der Waals surface area contributed by atoms with Crippen LogP contribution in [-0.2, 0) is 11.3 Å². The Kier molecular flexibility index (Phi) is 5.67. The summed E-state index contributed by atoms with van der Waals surface area (Å²) in [4.78, 5) is 24.0. The van der Waals surface area contributed by atoms with Gasteiger partial charge in [0.15, 0.2) is 5.60 Å². The highest BCUT2D eigenvalue weighted by molar-refractivity contribution is 6.30. The lowest BCUT2D eigenvalue weighted by molar-refractivity contribution is -0.152. The molecule has 0 aliphatic rings. The van der Waals surface area contributed by atoms with E-state index in [0.29, 0.717) is 11.4 Å². The zero-order valence-electron chi connectivity index (χ0n) is 16.8. The molecule has 0 amide bonds. The molecule has 3 rings (SSSR count). The summed E-state index contributed by atoms with van der Waals surface area (Å²) in [5, 5.41) is 16.9. The molecule has 0 atom stereocenters. The maximum absolute atomic E-state index is 13.4. The number of tetrazole rings is 1. The summed E-state index contributed by atoms with van der Waals surface area (Å²) in [5.41, 5.74) is 0.615. The Morgan fingerprint density at radius 1 is 1.20 bits per heavy atom. The monoisotopic (exact) mass is 434 g/mol. The van der Waals surface area contributed by atoms with Crippen LogP contribution >= 0.6 is 11.6 Å². The number of ether oxygens (including phenoxy) is 1. The Morgan fingerprint density at radius 2 is 1.83 bits per heavy atom. The molecule has 0 fully saturated rings. The van der Waals surface area contributed by atoms with Gasteiger partial charge in [-0.05, 0) is 73.0 Å². The molecule has 0 unspecified atom stereocenters. The lowest BCUT2D eigenvalue weighted by Gasteiger charge is -2.24. The largest absolute Gasteiger partial charge is 0.478 e. The number of aliphatic carboxylic acids is 1. The summed E-state index contributed by atoms with van der Waals surface area (Å²) in [6.45, 7) is 6.68. The van der Waals surface area contributed by atoms with Crippen molar-refractivity contribution in [1.82, 2.24) is 19.8 Å². The van der Waals surface area contributed by atoms with E-state index < -0.39 is 23.1 Å². The van der Waals surface area contributed by atoms with Gasteiger partial charge >= 0.3 is 11.7 Å². The summed E-state index contributed by atoms with van der Waals surface area (Å²) in [6, 6.07) is 7.41. The van der Waals surface area contributed by atoms with Crippen LogP contribution in [0.1, 0.15) is 30.5 Å². The van der Waals surface area contributed by atoms with Gasteiger partial charge in [0.2, 0.25) is 0 Å². The third kappa shape index (κ3) is 4.20. The molecule has 0 spiro atoms. The van der Waals surface area contributed by atoms with E-state index >= 15 is 0 Å². The number of carboxylic acids is 1. The minimum atomic E-state index is -1.38. The average Bonchev–Trinajstić information content (AvgIpc) is 3.01. The van der Waals surface area contributed by atoms with Crippen LogP contribution in [0.25, 0.3) is 5.69 Å². The smallest absolute Gasteiger partial charge is 0.368 e. The standard InChI is InChI=1S/C20H20ClFN4O4/c1-11-7-13(8-12(2)17(11)30-20(3,4)18(27)28)10-25-19(29)26(24-23-25)14-5-6-16(22)15(21)9-14/h5-9H,10H2,1-4H3,(H,27,28). The number of carboxylic acid groups (broad SMARTS) is 1. The Labute approximate surface area is 176 Å². The average molecular weight is 435 g/mol. The van der Waals surface area contributed by atoms with E-state index in [1.54, 1.807) is 26.0 Å². The fraction of sp³-hybridized carbons (Fsp3) is 0.300. The number of rotatable bonds is 6. The van der Waals surface area contributed by atoms with Crippen molar-refractivity contribution in [2.45, 2.75) is 39.8 Å². The Morgan fingerprint density at radius 3 is 2.40 bits per heavy atom. The molecule has 30 heavy (non-hydrogen) atoms. The molecule has 0 bridgehead atoms. The van der Waals surface area contributed by atoms with Gasteiger partial charge in [0, 0.05) is 0 Å². The Balaban J connectivity index is 1.89. The summed E-state index contributed by atoms with van der Waals surface area (Å²) in [5.74, 6) is -1.20. The van der Waals surface area contributed by atoms with Crippen molar-refractivity contribution in [1.29, 1.82) is 0 Å². The van der Waals surface area contributed by atoms with E-state index in [9.17, 15) is 19.1 Å². The lowest BCUT2D eigenvalue weighted by Crippen LogP contribution is -2.38. The molecule has 0 saturated carbocycles. The van der Waals surface area contributed by atoms with E-state index in [1.165, 1.54) is 26.0 Å². The second-order valence-electron chi connectivity index (χ2n) is 7.41. The zero-order valence-corrected chi connectivity index (χ0v) is 17.6. The normalized spacial score (nSPS) is 11.5. The van der Waals surface area contributed by atoms with Crippen LogP contribution in [0.5, 0.6) is 5.75 Å². The predicted molar refractivity (Wildman–Crippen MR) is 108 cm³/mol. The first kappa shape index (κ1) is 21.5.